The summed E-state index contributed by atoms with van der Waals surface area (Å²) in [5.74, 6) is 0.563. The molecular weight excluding hydrogens is 342 g/mol. The van der Waals surface area contributed by atoms with Gasteiger partial charge in [-0.3, -0.25) is 0 Å². The number of benzene rings is 2. The fourth-order valence-electron chi connectivity index (χ4n) is 3.34. The maximum Gasteiger partial charge on any atom is 0.340 e. The summed E-state index contributed by atoms with van der Waals surface area (Å²) in [4.78, 5) is 17.0. The molecule has 6 heteroatoms. The minimum atomic E-state index is -0.314. The number of nitrogen functional groups attached to an aromatic ring is 1. The Hall–Kier alpha value is -2.89. The Kier molecular flexibility index (Phi) is 6.06. The normalized spacial score (nSPS) is 14.1. The number of para-hydroxylation sites is 2. The number of ether oxygens (including phenoxy) is 2. The van der Waals surface area contributed by atoms with Crippen LogP contribution in [0, 0.1) is 0 Å². The van der Waals surface area contributed by atoms with Gasteiger partial charge in [-0.25, -0.2) is 4.79 Å². The third-order valence-corrected chi connectivity index (χ3v) is 4.72. The molecule has 0 radical (unpaired) electrons. The topological polar surface area (TPSA) is 68.0 Å². The number of esters is 1. The van der Waals surface area contributed by atoms with Crippen molar-refractivity contribution in [1.29, 1.82) is 0 Å². The van der Waals surface area contributed by atoms with E-state index >= 15 is 0 Å². The van der Waals surface area contributed by atoms with Gasteiger partial charge in [-0.15, -0.1) is 0 Å². The highest BCUT2D eigenvalue weighted by molar-refractivity contribution is 5.97. The average molecular weight is 369 g/mol. The summed E-state index contributed by atoms with van der Waals surface area (Å²) in [6.45, 7) is 5.67. The Balaban J connectivity index is 1.75. The van der Waals surface area contributed by atoms with Gasteiger partial charge in [0.25, 0.3) is 0 Å². The van der Waals surface area contributed by atoms with E-state index in [1.807, 2.05) is 37.3 Å². The number of hydrogen-bond acceptors (Lipinski definition) is 6. The average Bonchev–Trinajstić information content (AvgIpc) is 2.72. The van der Waals surface area contributed by atoms with E-state index in [2.05, 4.69) is 15.9 Å². The lowest BCUT2D eigenvalue weighted by Gasteiger charge is -2.38. The number of carbonyl (C=O) groups excluding carboxylic acids is 1. The second kappa shape index (κ2) is 8.66. The van der Waals surface area contributed by atoms with E-state index < -0.39 is 0 Å². The van der Waals surface area contributed by atoms with Crippen molar-refractivity contribution < 1.29 is 14.3 Å². The molecule has 3 rings (SSSR count). The Morgan fingerprint density at radius 1 is 1.04 bits per heavy atom. The monoisotopic (exact) mass is 369 g/mol. The van der Waals surface area contributed by atoms with Gasteiger partial charge in [0.15, 0.2) is 0 Å². The minimum absolute atomic E-state index is 0.314. The molecule has 0 unspecified atom stereocenters. The molecule has 0 atom stereocenters. The van der Waals surface area contributed by atoms with E-state index in [0.29, 0.717) is 17.9 Å². The number of hydrogen-bond donors (Lipinski definition) is 1. The van der Waals surface area contributed by atoms with Crippen LogP contribution in [0.25, 0.3) is 0 Å². The SMILES string of the molecule is CCCOC(=O)c1cc(N)ccc1N1CCN(c2ccccc2OC)CC1. The Bertz CT molecular complexity index is 786. The van der Waals surface area contributed by atoms with E-state index in [1.54, 1.807) is 13.2 Å². The summed E-state index contributed by atoms with van der Waals surface area (Å²) in [6, 6.07) is 13.5. The molecule has 2 N–H and O–H groups in total. The van der Waals surface area contributed by atoms with Crippen molar-refractivity contribution in [3.63, 3.8) is 0 Å². The van der Waals surface area contributed by atoms with Gasteiger partial charge in [-0.1, -0.05) is 19.1 Å². The molecule has 0 aliphatic carbocycles. The Labute approximate surface area is 160 Å². The number of anilines is 3. The summed E-state index contributed by atoms with van der Waals surface area (Å²) in [5.41, 5.74) is 8.98. The number of carbonyl (C=O) groups is 1. The fourth-order valence-corrected chi connectivity index (χ4v) is 3.34. The first-order valence-electron chi connectivity index (χ1n) is 9.33. The summed E-state index contributed by atoms with van der Waals surface area (Å²) in [6.07, 6.45) is 0.793. The highest BCUT2D eigenvalue weighted by Crippen LogP contribution is 2.30. The van der Waals surface area contributed by atoms with E-state index in [1.165, 1.54) is 0 Å². The van der Waals surface area contributed by atoms with Gasteiger partial charge in [-0.2, -0.15) is 0 Å². The molecule has 0 amide bonds. The lowest BCUT2D eigenvalue weighted by Crippen LogP contribution is -2.47. The second-order valence-electron chi connectivity index (χ2n) is 6.56. The van der Waals surface area contributed by atoms with Gasteiger partial charge >= 0.3 is 5.97 Å². The molecule has 0 aromatic heterocycles. The molecule has 0 bridgehead atoms. The number of nitrogens with zero attached hydrogens (tertiary/aromatic N) is 2. The second-order valence-corrected chi connectivity index (χ2v) is 6.56. The third kappa shape index (κ3) is 4.27. The molecule has 2 aromatic rings. The van der Waals surface area contributed by atoms with Crippen LogP contribution in [0.2, 0.25) is 0 Å². The van der Waals surface area contributed by atoms with Crippen molar-refractivity contribution >= 4 is 23.0 Å². The van der Waals surface area contributed by atoms with E-state index in [0.717, 1.165) is 49.7 Å². The molecule has 0 saturated carbocycles. The van der Waals surface area contributed by atoms with Crippen molar-refractivity contribution in [2.75, 3.05) is 55.4 Å². The van der Waals surface area contributed by atoms with Crippen molar-refractivity contribution in [3.8, 4) is 5.75 Å². The van der Waals surface area contributed by atoms with E-state index in [4.69, 9.17) is 15.2 Å². The molecule has 1 fully saturated rings. The zero-order valence-corrected chi connectivity index (χ0v) is 16.0. The fraction of sp³-hybridized carbons (Fsp3) is 0.381. The van der Waals surface area contributed by atoms with E-state index in [-0.39, 0.29) is 5.97 Å². The van der Waals surface area contributed by atoms with Gasteiger partial charge < -0.3 is 25.0 Å². The zero-order chi connectivity index (χ0) is 19.2. The third-order valence-electron chi connectivity index (χ3n) is 4.72. The standard InChI is InChI=1S/C21H27N3O3/c1-3-14-27-21(25)17-15-16(22)8-9-18(17)23-10-12-24(13-11-23)19-6-4-5-7-20(19)26-2/h4-9,15H,3,10-14,22H2,1-2H3. The molecule has 1 saturated heterocycles. The summed E-state index contributed by atoms with van der Waals surface area (Å²) < 4.78 is 10.8. The van der Waals surface area contributed by atoms with Crippen LogP contribution in [0.4, 0.5) is 17.1 Å². The van der Waals surface area contributed by atoms with Crippen LogP contribution >= 0.6 is 0 Å². The molecule has 1 aliphatic heterocycles. The van der Waals surface area contributed by atoms with Crippen molar-refractivity contribution in [1.82, 2.24) is 0 Å². The van der Waals surface area contributed by atoms with Crippen molar-refractivity contribution in [3.05, 3.63) is 48.0 Å². The van der Waals surface area contributed by atoms with Gasteiger partial charge in [0, 0.05) is 31.9 Å². The predicted octanol–water partition coefficient (Wildman–Crippen LogP) is 3.17. The highest BCUT2D eigenvalue weighted by Gasteiger charge is 2.23. The lowest BCUT2D eigenvalue weighted by atomic mass is 10.1. The molecule has 27 heavy (non-hydrogen) atoms. The molecule has 0 spiro atoms. The number of piperazine rings is 1. The maximum absolute atomic E-state index is 12.5. The van der Waals surface area contributed by atoms with Crippen LogP contribution < -0.4 is 20.3 Å². The zero-order valence-electron chi connectivity index (χ0n) is 16.0. The molecule has 6 nitrogen and oxygen atoms in total. The Morgan fingerprint density at radius 2 is 1.70 bits per heavy atom. The van der Waals surface area contributed by atoms with Gasteiger partial charge in [-0.05, 0) is 36.8 Å². The highest BCUT2D eigenvalue weighted by atomic mass is 16.5. The quantitative estimate of drug-likeness (QED) is 0.623. The van der Waals surface area contributed by atoms with Crippen LogP contribution in [-0.2, 0) is 4.74 Å². The van der Waals surface area contributed by atoms with Gasteiger partial charge in [0.2, 0.25) is 0 Å². The summed E-state index contributed by atoms with van der Waals surface area (Å²) in [7, 11) is 1.69. The molecule has 1 aliphatic rings. The summed E-state index contributed by atoms with van der Waals surface area (Å²) >= 11 is 0. The molecular formula is C21H27N3O3. The van der Waals surface area contributed by atoms with Crippen molar-refractivity contribution in [2.24, 2.45) is 0 Å². The van der Waals surface area contributed by atoms with Crippen LogP contribution in [0.3, 0.4) is 0 Å². The van der Waals surface area contributed by atoms with Crippen LogP contribution in [0.1, 0.15) is 23.7 Å². The first-order chi connectivity index (χ1) is 13.1. The van der Waals surface area contributed by atoms with Crippen molar-refractivity contribution in [2.45, 2.75) is 13.3 Å². The van der Waals surface area contributed by atoms with Gasteiger partial charge in [0.05, 0.1) is 30.7 Å². The summed E-state index contributed by atoms with van der Waals surface area (Å²) in [5, 5.41) is 0. The number of nitrogens with two attached hydrogens (primary N) is 1. The molecule has 1 heterocycles. The molecule has 144 valence electrons. The number of methoxy groups -OCH3 is 1. The Morgan fingerprint density at radius 3 is 2.37 bits per heavy atom. The maximum atomic E-state index is 12.5. The lowest BCUT2D eigenvalue weighted by molar-refractivity contribution is 0.0506. The largest absolute Gasteiger partial charge is 0.495 e. The van der Waals surface area contributed by atoms with Crippen LogP contribution in [0.15, 0.2) is 42.5 Å². The first kappa shape index (κ1) is 18.9. The van der Waals surface area contributed by atoms with Crippen LogP contribution in [0.5, 0.6) is 5.75 Å². The minimum Gasteiger partial charge on any atom is -0.495 e. The molecule has 2 aromatic carbocycles. The number of rotatable bonds is 6. The predicted molar refractivity (Wildman–Crippen MR) is 109 cm³/mol. The van der Waals surface area contributed by atoms with Crippen LogP contribution in [-0.4, -0.2) is 45.9 Å². The smallest absolute Gasteiger partial charge is 0.340 e. The first-order valence-corrected chi connectivity index (χ1v) is 9.33. The van der Waals surface area contributed by atoms with Gasteiger partial charge in [0.1, 0.15) is 5.75 Å². The van der Waals surface area contributed by atoms with E-state index in [9.17, 15) is 4.79 Å².